The van der Waals surface area contributed by atoms with Gasteiger partial charge in [0.1, 0.15) is 6.61 Å². The molecule has 0 aromatic rings. The van der Waals surface area contributed by atoms with Crippen LogP contribution in [0.2, 0.25) is 0 Å². The molecule has 0 amide bonds. The second-order valence-corrected chi connectivity index (χ2v) is 17.1. The maximum atomic E-state index is 12.8. The van der Waals surface area contributed by atoms with E-state index in [9.17, 15) is 19.5 Å². The van der Waals surface area contributed by atoms with Crippen LogP contribution < -0.4 is 0 Å². The summed E-state index contributed by atoms with van der Waals surface area (Å²) in [6.07, 6.45) is 53.7. The number of carbonyl (C=O) groups is 3. The molecular weight excluding hydrogens is 751 g/mol. The monoisotopic (exact) mass is 841 g/mol. The van der Waals surface area contributed by atoms with Crippen molar-refractivity contribution in [3.05, 3.63) is 72.9 Å². The molecule has 8 heteroatoms. The number of carboxylic acid groups (broad SMARTS) is 1. The minimum Gasteiger partial charge on any atom is -0.477 e. The van der Waals surface area contributed by atoms with E-state index >= 15 is 0 Å². The zero-order valence-electron chi connectivity index (χ0n) is 39.1. The standard InChI is InChI=1S/C52H89NO7/c1-6-8-10-12-14-16-18-20-22-24-26-28-30-32-34-36-38-40-42-50(54)59-47-48(46-58-45-44-49(52(56)57)53(3,4)5)60-51(55)43-41-39-37-35-33-31-29-27-25-23-21-19-17-15-13-11-9-7-2/h11,13,15,17,19,21,23,25-29,48-49H,6-10,12,14,16,18,20,22,24,30-47H2,1-5H3/p+1/b13-11+,17-15+,21-19+,25-23+,28-26+,29-27+. The van der Waals surface area contributed by atoms with Crippen molar-refractivity contribution in [2.45, 2.75) is 199 Å². The Morgan fingerprint density at radius 2 is 0.933 bits per heavy atom. The fourth-order valence-electron chi connectivity index (χ4n) is 6.70. The van der Waals surface area contributed by atoms with Gasteiger partial charge in [-0.1, -0.05) is 183 Å². The molecule has 0 spiro atoms. The number of nitrogens with zero attached hydrogens (tertiary/aromatic N) is 1. The Bertz CT molecular complexity index is 1210. The van der Waals surface area contributed by atoms with Crippen LogP contribution in [0.15, 0.2) is 72.9 Å². The van der Waals surface area contributed by atoms with E-state index in [1.807, 2.05) is 57.6 Å². The van der Waals surface area contributed by atoms with E-state index < -0.39 is 18.1 Å². The minimum absolute atomic E-state index is 0.0445. The number of likely N-dealkylation sites (N-methyl/N-ethyl adjacent to an activating group) is 1. The Labute approximate surface area is 368 Å². The lowest BCUT2D eigenvalue weighted by Gasteiger charge is -2.31. The Balaban J connectivity index is 4.38. The summed E-state index contributed by atoms with van der Waals surface area (Å²) in [6.45, 7) is 4.61. The summed E-state index contributed by atoms with van der Waals surface area (Å²) < 4.78 is 17.3. The van der Waals surface area contributed by atoms with E-state index in [4.69, 9.17) is 14.2 Å². The molecule has 0 aromatic carbocycles. The molecule has 0 saturated carbocycles. The third-order valence-corrected chi connectivity index (χ3v) is 10.4. The molecule has 2 unspecified atom stereocenters. The SMILES string of the molecule is CCC/C=C/C=C/C=C/C=C/C=C/CCCCCCCC(=O)OC(COCCC(C(=O)O)[N+](C)(C)C)COC(=O)CCCCCCC/C=C/CCCCCCCCCCC. The Morgan fingerprint density at radius 3 is 1.42 bits per heavy atom. The molecule has 0 rings (SSSR count). The summed E-state index contributed by atoms with van der Waals surface area (Å²) in [5, 5.41) is 9.64. The van der Waals surface area contributed by atoms with Crippen LogP contribution in [0.5, 0.6) is 0 Å². The highest BCUT2D eigenvalue weighted by atomic mass is 16.6. The van der Waals surface area contributed by atoms with Gasteiger partial charge in [-0.3, -0.25) is 9.59 Å². The maximum absolute atomic E-state index is 12.8. The predicted octanol–water partition coefficient (Wildman–Crippen LogP) is 13.5. The van der Waals surface area contributed by atoms with Crippen LogP contribution in [-0.4, -0.2) is 80.6 Å². The zero-order chi connectivity index (χ0) is 44.2. The van der Waals surface area contributed by atoms with E-state index in [2.05, 4.69) is 50.3 Å². The van der Waals surface area contributed by atoms with Gasteiger partial charge >= 0.3 is 17.9 Å². The van der Waals surface area contributed by atoms with Gasteiger partial charge in [0.2, 0.25) is 0 Å². The summed E-state index contributed by atoms with van der Waals surface area (Å²) in [5.41, 5.74) is 0. The molecule has 0 heterocycles. The highest BCUT2D eigenvalue weighted by Gasteiger charge is 2.31. The molecule has 0 saturated heterocycles. The fourth-order valence-corrected chi connectivity index (χ4v) is 6.70. The highest BCUT2D eigenvalue weighted by molar-refractivity contribution is 5.72. The van der Waals surface area contributed by atoms with Gasteiger partial charge in [0, 0.05) is 19.3 Å². The number of hydrogen-bond acceptors (Lipinski definition) is 6. The van der Waals surface area contributed by atoms with Crippen LogP contribution in [0.3, 0.4) is 0 Å². The van der Waals surface area contributed by atoms with Crippen LogP contribution in [0.25, 0.3) is 0 Å². The number of aliphatic carboxylic acids is 1. The fraction of sp³-hybridized carbons (Fsp3) is 0.712. The summed E-state index contributed by atoms with van der Waals surface area (Å²) in [4.78, 5) is 37.1. The number of unbranched alkanes of at least 4 members (excludes halogenated alkanes) is 20. The van der Waals surface area contributed by atoms with Crippen LogP contribution in [0.4, 0.5) is 0 Å². The molecule has 0 aliphatic heterocycles. The summed E-state index contributed by atoms with van der Waals surface area (Å²) in [6, 6.07) is -0.624. The lowest BCUT2D eigenvalue weighted by molar-refractivity contribution is -0.887. The van der Waals surface area contributed by atoms with Crippen molar-refractivity contribution in [3.63, 3.8) is 0 Å². The number of allylic oxidation sites excluding steroid dienone is 12. The highest BCUT2D eigenvalue weighted by Crippen LogP contribution is 2.14. The predicted molar refractivity (Wildman–Crippen MR) is 252 cm³/mol. The first-order chi connectivity index (χ1) is 29.1. The molecule has 1 N–H and O–H groups in total. The summed E-state index contributed by atoms with van der Waals surface area (Å²) >= 11 is 0. The Morgan fingerprint density at radius 1 is 0.500 bits per heavy atom. The first kappa shape index (κ1) is 56.8. The molecular formula is C52H90NO7+. The molecule has 8 nitrogen and oxygen atoms in total. The number of ether oxygens (including phenoxy) is 3. The molecule has 0 aromatic heterocycles. The second-order valence-electron chi connectivity index (χ2n) is 17.1. The first-order valence-corrected chi connectivity index (χ1v) is 24.0. The van der Waals surface area contributed by atoms with Gasteiger partial charge < -0.3 is 23.8 Å². The van der Waals surface area contributed by atoms with Crippen LogP contribution >= 0.6 is 0 Å². The number of carboxylic acids is 1. The maximum Gasteiger partial charge on any atom is 0.362 e. The largest absolute Gasteiger partial charge is 0.477 e. The van der Waals surface area contributed by atoms with Crippen molar-refractivity contribution in [1.29, 1.82) is 0 Å². The van der Waals surface area contributed by atoms with E-state index in [1.165, 1.54) is 77.0 Å². The van der Waals surface area contributed by atoms with Crippen molar-refractivity contribution in [3.8, 4) is 0 Å². The van der Waals surface area contributed by atoms with Gasteiger partial charge in [-0.15, -0.1) is 0 Å². The molecule has 60 heavy (non-hydrogen) atoms. The number of quaternary nitrogens is 1. The lowest BCUT2D eigenvalue weighted by atomic mass is 10.1. The van der Waals surface area contributed by atoms with E-state index in [0.717, 1.165) is 77.0 Å². The number of carbonyl (C=O) groups excluding carboxylic acids is 2. The quantitative estimate of drug-likeness (QED) is 0.0215. The first-order valence-electron chi connectivity index (χ1n) is 24.0. The van der Waals surface area contributed by atoms with Crippen LogP contribution in [0, 0.1) is 0 Å². The number of esters is 2. The van der Waals surface area contributed by atoms with Crippen LogP contribution in [-0.2, 0) is 28.6 Å². The second kappa shape index (κ2) is 42.5. The topological polar surface area (TPSA) is 99.1 Å². The number of rotatable bonds is 42. The minimum atomic E-state index is -0.883. The summed E-state index contributed by atoms with van der Waals surface area (Å²) in [7, 11) is 5.51. The van der Waals surface area contributed by atoms with Crippen molar-refractivity contribution in [2.24, 2.45) is 0 Å². The molecule has 344 valence electrons. The Kier molecular flexibility index (Phi) is 40.2. The van der Waals surface area contributed by atoms with E-state index in [1.54, 1.807) is 0 Å². The van der Waals surface area contributed by atoms with E-state index in [-0.39, 0.29) is 36.2 Å². The third-order valence-electron chi connectivity index (χ3n) is 10.4. The molecule has 0 bridgehead atoms. The van der Waals surface area contributed by atoms with Gasteiger partial charge in [0.15, 0.2) is 12.1 Å². The molecule has 0 radical (unpaired) electrons. The third kappa shape index (κ3) is 40.2. The molecule has 2 atom stereocenters. The van der Waals surface area contributed by atoms with Crippen molar-refractivity contribution >= 4 is 17.9 Å². The normalized spacial score (nSPS) is 13.6. The molecule has 0 aliphatic carbocycles. The number of hydrogen-bond donors (Lipinski definition) is 1. The smallest absolute Gasteiger partial charge is 0.362 e. The van der Waals surface area contributed by atoms with Crippen LogP contribution in [0.1, 0.15) is 187 Å². The van der Waals surface area contributed by atoms with Gasteiger partial charge in [-0.25, -0.2) is 4.79 Å². The van der Waals surface area contributed by atoms with Gasteiger partial charge in [-0.2, -0.15) is 0 Å². The van der Waals surface area contributed by atoms with Crippen molar-refractivity contribution in [1.82, 2.24) is 0 Å². The van der Waals surface area contributed by atoms with Crippen molar-refractivity contribution in [2.75, 3.05) is 41.0 Å². The average molecular weight is 841 g/mol. The Hall–Kier alpha value is -3.23. The van der Waals surface area contributed by atoms with Gasteiger partial charge in [0.05, 0.1) is 34.4 Å². The lowest BCUT2D eigenvalue weighted by Crippen LogP contribution is -2.50. The average Bonchev–Trinajstić information content (AvgIpc) is 3.21. The van der Waals surface area contributed by atoms with E-state index in [0.29, 0.717) is 19.3 Å². The zero-order valence-corrected chi connectivity index (χ0v) is 39.1. The summed E-state index contributed by atoms with van der Waals surface area (Å²) in [5.74, 6) is -1.51. The van der Waals surface area contributed by atoms with Gasteiger partial charge in [-0.05, 0) is 57.8 Å². The molecule has 0 fully saturated rings. The van der Waals surface area contributed by atoms with Gasteiger partial charge in [0.25, 0.3) is 0 Å². The van der Waals surface area contributed by atoms with Crippen molar-refractivity contribution < 1.29 is 38.2 Å². The molecule has 0 aliphatic rings.